The number of hydrogen-bond donors (Lipinski definition) is 0. The van der Waals surface area contributed by atoms with Gasteiger partial charge in [-0.1, -0.05) is 6.07 Å². The number of rotatable bonds is 3. The molecule has 0 saturated heterocycles. The Balaban J connectivity index is 2.38. The van der Waals surface area contributed by atoms with Gasteiger partial charge in [-0.25, -0.2) is 0 Å². The molecule has 0 fully saturated rings. The number of furan rings is 1. The van der Waals surface area contributed by atoms with E-state index in [1.54, 1.807) is 25.5 Å². The third-order valence-electron chi connectivity index (χ3n) is 2.37. The summed E-state index contributed by atoms with van der Waals surface area (Å²) < 4.78 is 10.4. The minimum Gasteiger partial charge on any atom is -0.494 e. The van der Waals surface area contributed by atoms with Crippen molar-refractivity contribution in [1.82, 2.24) is 0 Å². The molecule has 0 atom stereocenters. The summed E-state index contributed by atoms with van der Waals surface area (Å²) in [7, 11) is 1.63. The van der Waals surface area contributed by atoms with Crippen molar-refractivity contribution in [2.75, 3.05) is 7.11 Å². The van der Waals surface area contributed by atoms with Crippen molar-refractivity contribution in [2.24, 2.45) is 10.2 Å². The molecule has 1 heterocycles. The van der Waals surface area contributed by atoms with E-state index in [9.17, 15) is 0 Å². The van der Waals surface area contributed by atoms with Gasteiger partial charge in [0.1, 0.15) is 11.4 Å². The van der Waals surface area contributed by atoms with Gasteiger partial charge < -0.3 is 9.15 Å². The highest BCUT2D eigenvalue weighted by atomic mass is 16.5. The van der Waals surface area contributed by atoms with Crippen LogP contribution in [0.15, 0.2) is 45.2 Å². The van der Waals surface area contributed by atoms with Gasteiger partial charge in [0.25, 0.3) is 0 Å². The van der Waals surface area contributed by atoms with Crippen LogP contribution in [0.1, 0.15) is 11.1 Å². The Labute approximate surface area is 99.9 Å². The average Bonchev–Trinajstić information content (AvgIpc) is 2.78. The number of azo groups is 1. The van der Waals surface area contributed by atoms with Crippen molar-refractivity contribution in [1.29, 1.82) is 0 Å². The lowest BCUT2D eigenvalue weighted by molar-refractivity contribution is 0.412. The molecule has 1 aromatic heterocycles. The summed E-state index contributed by atoms with van der Waals surface area (Å²) in [6.45, 7) is 4.00. The molecule has 2 aromatic rings. The van der Waals surface area contributed by atoms with Crippen LogP contribution in [-0.2, 0) is 0 Å². The Bertz CT molecular complexity index is 531. The molecule has 88 valence electrons. The second-order valence-electron chi connectivity index (χ2n) is 3.79. The van der Waals surface area contributed by atoms with Gasteiger partial charge in [0.05, 0.1) is 13.4 Å². The standard InChI is InChI=1S/C13H14N2O2/c1-9-7-10(2)13(16-3)11(8-9)14-15-12-5-4-6-17-12/h4-8H,1-3H3. The molecule has 4 nitrogen and oxygen atoms in total. The van der Waals surface area contributed by atoms with Crippen molar-refractivity contribution in [3.8, 4) is 5.75 Å². The lowest BCUT2D eigenvalue weighted by atomic mass is 10.1. The molecule has 0 aliphatic carbocycles. The maximum absolute atomic E-state index is 5.32. The Morgan fingerprint density at radius 2 is 2.00 bits per heavy atom. The second-order valence-corrected chi connectivity index (χ2v) is 3.79. The normalized spacial score (nSPS) is 11.0. The van der Waals surface area contributed by atoms with E-state index >= 15 is 0 Å². The lowest BCUT2D eigenvalue weighted by Crippen LogP contribution is -1.88. The fourth-order valence-corrected chi connectivity index (χ4v) is 1.70. The number of aryl methyl sites for hydroxylation is 2. The molecule has 0 aliphatic rings. The number of benzene rings is 1. The minimum atomic E-state index is 0.478. The van der Waals surface area contributed by atoms with Crippen LogP contribution in [0, 0.1) is 13.8 Å². The Morgan fingerprint density at radius 3 is 2.65 bits per heavy atom. The molecule has 0 bridgehead atoms. The average molecular weight is 230 g/mol. The molecule has 0 amide bonds. The van der Waals surface area contributed by atoms with E-state index in [2.05, 4.69) is 10.2 Å². The monoisotopic (exact) mass is 230 g/mol. The van der Waals surface area contributed by atoms with Gasteiger partial charge in [-0.05, 0) is 37.1 Å². The maximum Gasteiger partial charge on any atom is 0.238 e. The predicted octanol–water partition coefficient (Wildman–Crippen LogP) is 4.32. The second kappa shape index (κ2) is 4.82. The van der Waals surface area contributed by atoms with Gasteiger partial charge in [0, 0.05) is 6.07 Å². The van der Waals surface area contributed by atoms with Crippen LogP contribution in [-0.4, -0.2) is 7.11 Å². The number of hydrogen-bond acceptors (Lipinski definition) is 4. The van der Waals surface area contributed by atoms with E-state index in [1.807, 2.05) is 26.0 Å². The predicted molar refractivity (Wildman–Crippen MR) is 65.4 cm³/mol. The molecular weight excluding hydrogens is 216 g/mol. The molecule has 0 aliphatic heterocycles. The first-order valence-corrected chi connectivity index (χ1v) is 5.31. The molecule has 4 heteroatoms. The Kier molecular flexibility index (Phi) is 3.23. The van der Waals surface area contributed by atoms with Gasteiger partial charge >= 0.3 is 0 Å². The van der Waals surface area contributed by atoms with E-state index in [0.717, 1.165) is 16.9 Å². The molecule has 17 heavy (non-hydrogen) atoms. The molecule has 0 spiro atoms. The summed E-state index contributed by atoms with van der Waals surface area (Å²) in [5.74, 6) is 1.22. The zero-order valence-electron chi connectivity index (χ0n) is 10.1. The summed E-state index contributed by atoms with van der Waals surface area (Å²) in [5.41, 5.74) is 2.87. The zero-order chi connectivity index (χ0) is 12.3. The topological polar surface area (TPSA) is 47.1 Å². The highest BCUT2D eigenvalue weighted by Crippen LogP contribution is 2.33. The molecular formula is C13H14N2O2. The van der Waals surface area contributed by atoms with Crippen LogP contribution in [0.5, 0.6) is 5.75 Å². The van der Waals surface area contributed by atoms with Crippen molar-refractivity contribution in [3.63, 3.8) is 0 Å². The van der Waals surface area contributed by atoms with Crippen LogP contribution >= 0.6 is 0 Å². The Hall–Kier alpha value is -2.10. The summed E-state index contributed by atoms with van der Waals surface area (Å²) in [5, 5.41) is 8.15. The summed E-state index contributed by atoms with van der Waals surface area (Å²) in [6.07, 6.45) is 1.56. The quantitative estimate of drug-likeness (QED) is 0.737. The fourth-order valence-electron chi connectivity index (χ4n) is 1.70. The summed E-state index contributed by atoms with van der Waals surface area (Å²) in [6, 6.07) is 7.49. The largest absolute Gasteiger partial charge is 0.494 e. The fraction of sp³-hybridized carbons (Fsp3) is 0.231. The molecule has 1 aromatic carbocycles. The van der Waals surface area contributed by atoms with Gasteiger partial charge in [0.15, 0.2) is 0 Å². The van der Waals surface area contributed by atoms with E-state index in [1.165, 1.54) is 0 Å². The molecule has 0 unspecified atom stereocenters. The maximum atomic E-state index is 5.32. The number of nitrogens with zero attached hydrogens (tertiary/aromatic N) is 2. The molecule has 0 saturated carbocycles. The van der Waals surface area contributed by atoms with Crippen LogP contribution in [0.25, 0.3) is 0 Å². The first kappa shape index (κ1) is 11.4. The third-order valence-corrected chi connectivity index (χ3v) is 2.37. The van der Waals surface area contributed by atoms with Crippen LogP contribution in [0.3, 0.4) is 0 Å². The Morgan fingerprint density at radius 1 is 1.18 bits per heavy atom. The van der Waals surface area contributed by atoms with Crippen molar-refractivity contribution in [3.05, 3.63) is 41.7 Å². The van der Waals surface area contributed by atoms with Crippen LogP contribution in [0.2, 0.25) is 0 Å². The van der Waals surface area contributed by atoms with Crippen molar-refractivity contribution in [2.45, 2.75) is 13.8 Å². The van der Waals surface area contributed by atoms with Gasteiger partial charge in [-0.15, -0.1) is 10.2 Å². The van der Waals surface area contributed by atoms with Crippen LogP contribution < -0.4 is 4.74 Å². The molecule has 2 rings (SSSR count). The van der Waals surface area contributed by atoms with Gasteiger partial charge in [-0.2, -0.15) is 0 Å². The smallest absolute Gasteiger partial charge is 0.238 e. The first-order chi connectivity index (χ1) is 8.20. The summed E-state index contributed by atoms with van der Waals surface area (Å²) in [4.78, 5) is 0. The van der Waals surface area contributed by atoms with Crippen molar-refractivity contribution < 1.29 is 9.15 Å². The van der Waals surface area contributed by atoms with E-state index in [4.69, 9.17) is 9.15 Å². The van der Waals surface area contributed by atoms with E-state index < -0.39 is 0 Å². The van der Waals surface area contributed by atoms with Gasteiger partial charge in [-0.3, -0.25) is 0 Å². The third kappa shape index (κ3) is 2.53. The van der Waals surface area contributed by atoms with Crippen molar-refractivity contribution >= 4 is 11.6 Å². The SMILES string of the molecule is COc1c(C)cc(C)cc1N=Nc1ccco1. The minimum absolute atomic E-state index is 0.478. The zero-order valence-corrected chi connectivity index (χ0v) is 10.1. The lowest BCUT2D eigenvalue weighted by Gasteiger charge is -2.08. The first-order valence-electron chi connectivity index (χ1n) is 5.31. The van der Waals surface area contributed by atoms with E-state index in [-0.39, 0.29) is 0 Å². The van der Waals surface area contributed by atoms with Gasteiger partial charge in [0.2, 0.25) is 5.88 Å². The van der Waals surface area contributed by atoms with Crippen LogP contribution in [0.4, 0.5) is 11.6 Å². The summed E-state index contributed by atoms with van der Waals surface area (Å²) >= 11 is 0. The highest BCUT2D eigenvalue weighted by molar-refractivity contribution is 5.57. The number of ether oxygens (including phenoxy) is 1. The highest BCUT2D eigenvalue weighted by Gasteiger charge is 2.06. The van der Waals surface area contributed by atoms with E-state index in [0.29, 0.717) is 11.6 Å². The number of methoxy groups -OCH3 is 1. The molecule has 0 radical (unpaired) electrons. The molecule has 0 N–H and O–H groups in total.